The Labute approximate surface area is 221 Å². The maximum atomic E-state index is 12.8. The Morgan fingerprint density at radius 2 is 1.76 bits per heavy atom. The normalized spacial score (nSPS) is 20.5. The van der Waals surface area contributed by atoms with Gasteiger partial charge in [0.25, 0.3) is 0 Å². The zero-order valence-corrected chi connectivity index (χ0v) is 21.8. The molecule has 2 aliphatic rings. The number of halogens is 4. The highest BCUT2D eigenvalue weighted by Gasteiger charge is 2.30. The molecule has 2 aromatic rings. The van der Waals surface area contributed by atoms with Crippen molar-refractivity contribution in [1.29, 1.82) is 0 Å². The minimum absolute atomic E-state index is 0.0187. The molecule has 0 spiro atoms. The van der Waals surface area contributed by atoms with Gasteiger partial charge in [-0.15, -0.1) is 0 Å². The van der Waals surface area contributed by atoms with Gasteiger partial charge in [0, 0.05) is 35.0 Å². The Balaban J connectivity index is 1.50. The first-order valence-electron chi connectivity index (χ1n) is 11.3. The minimum atomic E-state index is -4.55. The van der Waals surface area contributed by atoms with Gasteiger partial charge in [0.2, 0.25) is 10.0 Å². The smallest absolute Gasteiger partial charge is 0.416 e. The number of aliphatic imine (C=N–C) groups is 1. The molecular weight excluding hydrogens is 571 g/mol. The number of fused-ring (bicyclic) bond motifs is 1. The number of benzene rings is 2. The zero-order valence-electron chi connectivity index (χ0n) is 19.4. The summed E-state index contributed by atoms with van der Waals surface area (Å²) in [5.74, 6) is 0.138. The second kappa shape index (κ2) is 11.1. The highest BCUT2D eigenvalue weighted by Crippen LogP contribution is 2.34. The van der Waals surface area contributed by atoms with Crippen LogP contribution < -0.4 is 10.0 Å². The monoisotopic (exact) mass is 593 g/mol. The summed E-state index contributed by atoms with van der Waals surface area (Å²) in [5.41, 5.74) is 2.98. The lowest BCUT2D eigenvalue weighted by molar-refractivity contribution is -0.137. The lowest BCUT2D eigenvalue weighted by atomic mass is 10.0. The molecule has 1 aliphatic carbocycles. The van der Waals surface area contributed by atoms with Crippen LogP contribution in [0.2, 0.25) is 0 Å². The number of alkyl halides is 3. The molecule has 37 heavy (non-hydrogen) atoms. The van der Waals surface area contributed by atoms with Crippen LogP contribution >= 0.6 is 15.9 Å². The van der Waals surface area contributed by atoms with Crippen molar-refractivity contribution in [3.8, 4) is 5.75 Å². The molecule has 0 aromatic heterocycles. The summed E-state index contributed by atoms with van der Waals surface area (Å²) in [4.78, 5) is 4.19. The van der Waals surface area contributed by atoms with Crippen LogP contribution in [0.3, 0.4) is 0 Å². The van der Waals surface area contributed by atoms with Crippen LogP contribution in [-0.4, -0.2) is 32.8 Å². The van der Waals surface area contributed by atoms with Crippen LogP contribution in [-0.2, 0) is 16.2 Å². The van der Waals surface area contributed by atoms with E-state index in [0.29, 0.717) is 17.7 Å². The Hall–Kier alpha value is -3.15. The molecule has 2 aromatic carbocycles. The fourth-order valence-corrected chi connectivity index (χ4v) is 5.41. The molecule has 0 atom stereocenters. The van der Waals surface area contributed by atoms with Crippen LogP contribution in [0.4, 0.5) is 13.2 Å². The van der Waals surface area contributed by atoms with E-state index in [9.17, 15) is 26.7 Å². The van der Waals surface area contributed by atoms with Crippen molar-refractivity contribution >= 4 is 37.7 Å². The van der Waals surface area contributed by atoms with Crippen molar-refractivity contribution in [1.82, 2.24) is 10.0 Å². The van der Waals surface area contributed by atoms with Gasteiger partial charge < -0.3 is 10.4 Å². The van der Waals surface area contributed by atoms with Gasteiger partial charge in [0.15, 0.2) is 0 Å². The molecule has 0 amide bonds. The van der Waals surface area contributed by atoms with Gasteiger partial charge in [-0.1, -0.05) is 24.3 Å². The molecule has 194 valence electrons. The quantitative estimate of drug-likeness (QED) is 0.361. The fraction of sp³-hybridized carbons (Fsp3) is 0.192. The summed E-state index contributed by atoms with van der Waals surface area (Å²) in [6.45, 7) is 0.169. The van der Waals surface area contributed by atoms with Crippen LogP contribution in [0.15, 0.2) is 98.1 Å². The van der Waals surface area contributed by atoms with Gasteiger partial charge in [-0.3, -0.25) is 4.99 Å². The lowest BCUT2D eigenvalue weighted by Crippen LogP contribution is -2.31. The molecule has 0 radical (unpaired) electrons. The first kappa shape index (κ1) is 26.9. The number of hydrogen-bond donors (Lipinski definition) is 3. The molecule has 4 rings (SSSR count). The first-order valence-corrected chi connectivity index (χ1v) is 13.6. The first-order chi connectivity index (χ1) is 17.5. The second-order valence-corrected chi connectivity index (χ2v) is 10.9. The van der Waals surface area contributed by atoms with E-state index in [-0.39, 0.29) is 23.7 Å². The minimum Gasteiger partial charge on any atom is -0.507 e. The highest BCUT2D eigenvalue weighted by molar-refractivity contribution is 9.12. The number of nitrogens with zero attached hydrogens (tertiary/aromatic N) is 1. The highest BCUT2D eigenvalue weighted by atomic mass is 79.9. The number of hydrogen-bond acceptors (Lipinski definition) is 5. The molecular formula is C26H23BrF3N3O3S. The van der Waals surface area contributed by atoms with Crippen LogP contribution in [0.5, 0.6) is 5.75 Å². The molecule has 6 nitrogen and oxygen atoms in total. The number of aromatic hydroxyl groups is 1. The number of nitrogens with one attached hydrogen (secondary N) is 2. The van der Waals surface area contributed by atoms with E-state index in [1.54, 1.807) is 18.3 Å². The Bertz CT molecular complexity index is 1440. The van der Waals surface area contributed by atoms with Crippen molar-refractivity contribution in [2.24, 2.45) is 4.99 Å². The molecule has 0 fully saturated rings. The van der Waals surface area contributed by atoms with Crippen molar-refractivity contribution in [3.05, 3.63) is 99.3 Å². The van der Waals surface area contributed by atoms with E-state index in [1.807, 2.05) is 30.4 Å². The van der Waals surface area contributed by atoms with Crippen molar-refractivity contribution < 1.29 is 26.7 Å². The van der Waals surface area contributed by atoms with Gasteiger partial charge in [-0.2, -0.15) is 13.2 Å². The maximum absolute atomic E-state index is 12.8. The van der Waals surface area contributed by atoms with Crippen molar-refractivity contribution in [2.75, 3.05) is 13.1 Å². The zero-order chi connectivity index (χ0) is 26.6. The molecule has 11 heteroatoms. The van der Waals surface area contributed by atoms with E-state index in [4.69, 9.17) is 0 Å². The second-order valence-electron chi connectivity index (χ2n) is 8.28. The van der Waals surface area contributed by atoms with E-state index < -0.39 is 21.8 Å². The average molecular weight is 594 g/mol. The molecule has 0 saturated carbocycles. The van der Waals surface area contributed by atoms with Gasteiger partial charge in [-0.05, 0) is 82.4 Å². The largest absolute Gasteiger partial charge is 0.507 e. The summed E-state index contributed by atoms with van der Waals surface area (Å²) < 4.78 is 66.7. The Kier molecular flexibility index (Phi) is 8.05. The molecule has 0 saturated heterocycles. The van der Waals surface area contributed by atoms with Gasteiger partial charge in [-0.25, -0.2) is 13.1 Å². The summed E-state index contributed by atoms with van der Waals surface area (Å²) in [6.07, 6.45) is 4.36. The van der Waals surface area contributed by atoms with Gasteiger partial charge >= 0.3 is 6.18 Å². The van der Waals surface area contributed by atoms with E-state index in [1.165, 1.54) is 0 Å². The summed E-state index contributed by atoms with van der Waals surface area (Å²) in [7, 11) is -4.00. The number of rotatable bonds is 7. The molecule has 0 bridgehead atoms. The van der Waals surface area contributed by atoms with Gasteiger partial charge in [0.05, 0.1) is 16.2 Å². The standard InChI is InChI=1S/C26H23BrF3N3O3S/c27-23-16-32-24-15-19(14-17(4-3-6-22(23)24)21-5-1-2-7-25(21)34)31-12-13-33-37(35,36)20-10-8-18(9-11-20)26(28,29)30/h1-2,4-5,7-11,14-16,31,33-34H,3,6,12-13H2/b17-4-,19-14+,24-15+. The number of phenolic OH excluding ortho intramolecular Hbond substituents is 1. The topological polar surface area (TPSA) is 90.8 Å². The summed E-state index contributed by atoms with van der Waals surface area (Å²) in [6, 6.07) is 10.3. The predicted molar refractivity (Wildman–Crippen MR) is 141 cm³/mol. The van der Waals surface area contributed by atoms with Crippen molar-refractivity contribution in [2.45, 2.75) is 23.9 Å². The average Bonchev–Trinajstić information content (AvgIpc) is 3.23. The number of allylic oxidation sites excluding steroid dienone is 6. The van der Waals surface area contributed by atoms with E-state index >= 15 is 0 Å². The van der Waals surface area contributed by atoms with E-state index in [2.05, 4.69) is 31.0 Å². The molecule has 0 unspecified atom stereocenters. The fourth-order valence-electron chi connectivity index (χ4n) is 3.87. The van der Waals surface area contributed by atoms with Crippen LogP contribution in [0.1, 0.15) is 24.0 Å². The Morgan fingerprint density at radius 1 is 1.03 bits per heavy atom. The van der Waals surface area contributed by atoms with Crippen LogP contribution in [0, 0.1) is 0 Å². The third kappa shape index (κ3) is 6.60. The predicted octanol–water partition coefficient (Wildman–Crippen LogP) is 5.66. The molecule has 3 N–H and O–H groups in total. The molecule has 1 heterocycles. The molecule has 1 aliphatic heterocycles. The number of sulfonamides is 1. The number of phenols is 1. The summed E-state index contributed by atoms with van der Waals surface area (Å²) >= 11 is 3.53. The third-order valence-electron chi connectivity index (χ3n) is 5.73. The van der Waals surface area contributed by atoms with Gasteiger partial charge in [0.1, 0.15) is 5.75 Å². The number of para-hydroxylation sites is 1. The van der Waals surface area contributed by atoms with Crippen molar-refractivity contribution in [3.63, 3.8) is 0 Å². The Morgan fingerprint density at radius 3 is 2.46 bits per heavy atom. The van der Waals surface area contributed by atoms with E-state index in [0.717, 1.165) is 52.0 Å². The maximum Gasteiger partial charge on any atom is 0.416 e. The third-order valence-corrected chi connectivity index (χ3v) is 7.89. The van der Waals surface area contributed by atoms with Crippen LogP contribution in [0.25, 0.3) is 5.57 Å². The lowest BCUT2D eigenvalue weighted by Gasteiger charge is -2.12. The summed E-state index contributed by atoms with van der Waals surface area (Å²) in [5, 5.41) is 13.6. The SMILES string of the molecule is O=S(=O)(NCCNC1=C/C(c2ccccc2O)=C/CCC2=C(Br)C=N\C2=C\1)c1ccc(C(F)(F)F)cc1.